The number of aliphatic carboxylic acids is 1. The second-order valence-corrected chi connectivity index (χ2v) is 6.90. The van der Waals surface area contributed by atoms with Gasteiger partial charge in [0.2, 0.25) is 0 Å². The zero-order chi connectivity index (χ0) is 14.0. The van der Waals surface area contributed by atoms with E-state index >= 15 is 0 Å². The molecule has 0 aliphatic carbocycles. The highest BCUT2D eigenvalue weighted by Crippen LogP contribution is 2.34. The second-order valence-electron chi connectivity index (χ2n) is 5.96. The summed E-state index contributed by atoms with van der Waals surface area (Å²) >= 11 is 1.69. The number of hydrogen-bond acceptors (Lipinski definition) is 4. The molecule has 0 bridgehead atoms. The van der Waals surface area contributed by atoms with Crippen molar-refractivity contribution >= 4 is 17.3 Å². The highest BCUT2D eigenvalue weighted by atomic mass is 32.1. The van der Waals surface area contributed by atoms with Crippen LogP contribution in [0.3, 0.4) is 0 Å². The Morgan fingerprint density at radius 2 is 2.37 bits per heavy atom. The smallest absolute Gasteiger partial charge is 0.309 e. The van der Waals surface area contributed by atoms with Crippen LogP contribution in [0.4, 0.5) is 0 Å². The Morgan fingerprint density at radius 3 is 2.95 bits per heavy atom. The Morgan fingerprint density at radius 1 is 1.63 bits per heavy atom. The first kappa shape index (κ1) is 14.5. The Balaban J connectivity index is 2.02. The van der Waals surface area contributed by atoms with E-state index in [2.05, 4.69) is 9.88 Å². The average molecular weight is 282 g/mol. The first-order valence-electron chi connectivity index (χ1n) is 6.76. The molecule has 0 radical (unpaired) electrons. The van der Waals surface area contributed by atoms with Gasteiger partial charge in [-0.1, -0.05) is 0 Å². The van der Waals surface area contributed by atoms with Crippen LogP contribution in [-0.2, 0) is 11.3 Å². The lowest BCUT2D eigenvalue weighted by Gasteiger charge is -2.39. The molecular formula is C14H22N2O2S. The predicted octanol–water partition coefficient (Wildman–Crippen LogP) is 2.77. The molecule has 4 nitrogen and oxygen atoms in total. The fourth-order valence-corrected chi connectivity index (χ4v) is 3.46. The summed E-state index contributed by atoms with van der Waals surface area (Å²) in [7, 11) is 0. The Kier molecular flexibility index (Phi) is 4.26. The molecule has 19 heavy (non-hydrogen) atoms. The van der Waals surface area contributed by atoms with Crippen LogP contribution in [0, 0.1) is 18.3 Å². The van der Waals surface area contributed by atoms with E-state index in [1.807, 2.05) is 26.3 Å². The fraction of sp³-hybridized carbons (Fsp3) is 0.714. The number of carboxylic acids is 1. The molecule has 2 heterocycles. The van der Waals surface area contributed by atoms with Crippen molar-refractivity contribution in [3.63, 3.8) is 0 Å². The van der Waals surface area contributed by atoms with Gasteiger partial charge in [0.05, 0.1) is 16.6 Å². The summed E-state index contributed by atoms with van der Waals surface area (Å²) in [4.78, 5) is 19.3. The number of carboxylic acid groups (broad SMARTS) is 1. The number of thiazole rings is 1. The van der Waals surface area contributed by atoms with Crippen LogP contribution in [0.25, 0.3) is 0 Å². The zero-order valence-electron chi connectivity index (χ0n) is 11.8. The standard InChI is InChI=1S/C14H22N2O2S/c1-10-12(19-9-15-10)8-16-6-4-5-11(7-16)14(2,3)13(17)18/h9,11H,4-8H2,1-3H3,(H,17,18). The Hall–Kier alpha value is -0.940. The molecule has 106 valence electrons. The minimum atomic E-state index is -0.687. The fourth-order valence-electron chi connectivity index (χ4n) is 2.64. The molecule has 1 atom stereocenters. The summed E-state index contributed by atoms with van der Waals surface area (Å²) in [5.74, 6) is -0.458. The molecule has 2 rings (SSSR count). The van der Waals surface area contributed by atoms with E-state index < -0.39 is 11.4 Å². The largest absolute Gasteiger partial charge is 0.481 e. The number of aromatic nitrogens is 1. The topological polar surface area (TPSA) is 53.4 Å². The van der Waals surface area contributed by atoms with Gasteiger partial charge in [0.1, 0.15) is 0 Å². The van der Waals surface area contributed by atoms with Crippen LogP contribution in [0.15, 0.2) is 5.51 Å². The van der Waals surface area contributed by atoms with Crippen molar-refractivity contribution in [1.82, 2.24) is 9.88 Å². The highest BCUT2D eigenvalue weighted by Gasteiger charge is 2.39. The summed E-state index contributed by atoms with van der Waals surface area (Å²) in [6, 6.07) is 0. The molecule has 1 aliphatic heterocycles. The van der Waals surface area contributed by atoms with Gasteiger partial charge in [-0.3, -0.25) is 9.69 Å². The van der Waals surface area contributed by atoms with Gasteiger partial charge in [0, 0.05) is 18.0 Å². The average Bonchev–Trinajstić information content (AvgIpc) is 2.75. The van der Waals surface area contributed by atoms with Crippen molar-refractivity contribution < 1.29 is 9.90 Å². The number of hydrogen-bond donors (Lipinski definition) is 1. The first-order valence-corrected chi connectivity index (χ1v) is 7.64. The molecule has 0 amide bonds. The minimum absolute atomic E-state index is 0.229. The summed E-state index contributed by atoms with van der Waals surface area (Å²) in [5, 5.41) is 9.35. The van der Waals surface area contributed by atoms with Gasteiger partial charge in [-0.05, 0) is 46.1 Å². The molecular weight excluding hydrogens is 260 g/mol. The summed E-state index contributed by atoms with van der Waals surface area (Å²) in [6.45, 7) is 8.57. The van der Waals surface area contributed by atoms with E-state index in [0.717, 1.165) is 38.2 Å². The van der Waals surface area contributed by atoms with Gasteiger partial charge in [0.15, 0.2) is 0 Å². The van der Waals surface area contributed by atoms with Crippen LogP contribution >= 0.6 is 11.3 Å². The lowest BCUT2D eigenvalue weighted by atomic mass is 9.74. The molecule has 1 aromatic heterocycles. The van der Waals surface area contributed by atoms with Crippen LogP contribution in [0.1, 0.15) is 37.3 Å². The Bertz CT molecular complexity index is 456. The molecule has 1 N–H and O–H groups in total. The quantitative estimate of drug-likeness (QED) is 0.922. The van der Waals surface area contributed by atoms with Crippen molar-refractivity contribution in [3.8, 4) is 0 Å². The SMILES string of the molecule is Cc1ncsc1CN1CCCC(C(C)(C)C(=O)O)C1. The first-order chi connectivity index (χ1) is 8.91. The third-order valence-corrected chi connectivity index (χ3v) is 5.21. The van der Waals surface area contributed by atoms with E-state index in [9.17, 15) is 9.90 Å². The van der Waals surface area contributed by atoms with Gasteiger partial charge >= 0.3 is 5.97 Å². The molecule has 0 aromatic carbocycles. The van der Waals surface area contributed by atoms with E-state index in [1.165, 1.54) is 4.88 Å². The van der Waals surface area contributed by atoms with E-state index in [-0.39, 0.29) is 5.92 Å². The predicted molar refractivity (Wildman–Crippen MR) is 76.3 cm³/mol. The third-order valence-electron chi connectivity index (χ3n) is 4.29. The van der Waals surface area contributed by atoms with Crippen LogP contribution < -0.4 is 0 Å². The van der Waals surface area contributed by atoms with E-state index in [1.54, 1.807) is 11.3 Å². The molecule has 1 fully saturated rings. The molecule has 5 heteroatoms. The van der Waals surface area contributed by atoms with Gasteiger partial charge in [-0.2, -0.15) is 0 Å². The normalized spacial score (nSPS) is 21.5. The molecule has 1 aliphatic rings. The van der Waals surface area contributed by atoms with Crippen molar-refractivity contribution in [2.24, 2.45) is 11.3 Å². The summed E-state index contributed by atoms with van der Waals surface area (Å²) in [5.41, 5.74) is 2.35. The van der Waals surface area contributed by atoms with Gasteiger partial charge in [0.25, 0.3) is 0 Å². The van der Waals surface area contributed by atoms with Crippen molar-refractivity contribution in [3.05, 3.63) is 16.1 Å². The van der Waals surface area contributed by atoms with Gasteiger partial charge < -0.3 is 5.11 Å². The van der Waals surface area contributed by atoms with Gasteiger partial charge in [-0.15, -0.1) is 11.3 Å². The maximum atomic E-state index is 11.4. The minimum Gasteiger partial charge on any atom is -0.481 e. The second kappa shape index (κ2) is 5.59. The van der Waals surface area contributed by atoms with Crippen molar-refractivity contribution in [2.75, 3.05) is 13.1 Å². The van der Waals surface area contributed by atoms with Crippen LogP contribution in [0.2, 0.25) is 0 Å². The maximum absolute atomic E-state index is 11.4. The highest BCUT2D eigenvalue weighted by molar-refractivity contribution is 7.09. The van der Waals surface area contributed by atoms with Crippen molar-refractivity contribution in [2.45, 2.75) is 40.2 Å². The monoisotopic (exact) mass is 282 g/mol. The maximum Gasteiger partial charge on any atom is 0.309 e. The Labute approximate surface area is 118 Å². The number of nitrogens with zero attached hydrogens (tertiary/aromatic N) is 2. The number of rotatable bonds is 4. The number of piperidine rings is 1. The van der Waals surface area contributed by atoms with Crippen molar-refractivity contribution in [1.29, 1.82) is 0 Å². The lowest BCUT2D eigenvalue weighted by molar-refractivity contribution is -0.151. The summed E-state index contributed by atoms with van der Waals surface area (Å²) < 4.78 is 0. The molecule has 0 spiro atoms. The molecule has 0 saturated carbocycles. The summed E-state index contributed by atoms with van der Waals surface area (Å²) in [6.07, 6.45) is 2.09. The number of likely N-dealkylation sites (tertiary alicyclic amines) is 1. The van der Waals surface area contributed by atoms with Gasteiger partial charge in [-0.25, -0.2) is 4.98 Å². The molecule has 1 unspecified atom stereocenters. The molecule has 1 aromatic rings. The number of carbonyl (C=O) groups is 1. The number of aryl methyl sites for hydroxylation is 1. The lowest BCUT2D eigenvalue weighted by Crippen LogP contribution is -2.44. The van der Waals surface area contributed by atoms with Crippen LogP contribution in [0.5, 0.6) is 0 Å². The molecule has 1 saturated heterocycles. The zero-order valence-corrected chi connectivity index (χ0v) is 12.7. The van der Waals surface area contributed by atoms with E-state index in [4.69, 9.17) is 0 Å². The van der Waals surface area contributed by atoms with Crippen LogP contribution in [-0.4, -0.2) is 34.0 Å². The third kappa shape index (κ3) is 3.15. The van der Waals surface area contributed by atoms with E-state index in [0.29, 0.717) is 0 Å².